The molecule has 0 aliphatic carbocycles. The normalized spacial score (nSPS) is 10.6. The Labute approximate surface area is 119 Å². The van der Waals surface area contributed by atoms with Crippen molar-refractivity contribution in [2.45, 2.75) is 13.5 Å². The summed E-state index contributed by atoms with van der Waals surface area (Å²) >= 11 is 0. The van der Waals surface area contributed by atoms with Crippen LogP contribution in [-0.4, -0.2) is 28.1 Å². The third kappa shape index (κ3) is 2.75. The second-order valence-electron chi connectivity index (χ2n) is 4.24. The first-order chi connectivity index (χ1) is 9.95. The van der Waals surface area contributed by atoms with Crippen molar-refractivity contribution in [2.24, 2.45) is 0 Å². The summed E-state index contributed by atoms with van der Waals surface area (Å²) in [6, 6.07) is 4.42. The Kier molecular flexibility index (Phi) is 3.99. The third-order valence-corrected chi connectivity index (χ3v) is 2.90. The number of carbonyl (C=O) groups is 1. The average molecular weight is 292 g/mol. The minimum absolute atomic E-state index is 0.0145. The van der Waals surface area contributed by atoms with E-state index < -0.39 is 10.9 Å². The molecule has 0 saturated carbocycles. The highest BCUT2D eigenvalue weighted by Crippen LogP contribution is 2.30. The lowest BCUT2D eigenvalue weighted by Crippen LogP contribution is -2.00. The average Bonchev–Trinajstić information content (AvgIpc) is 2.83. The van der Waals surface area contributed by atoms with E-state index in [0.717, 1.165) is 0 Å². The first kappa shape index (κ1) is 14.7. The maximum atomic E-state index is 11.1. The van der Waals surface area contributed by atoms with Crippen LogP contribution in [0.4, 0.5) is 5.69 Å². The number of hydrogen-bond donors (Lipinski definition) is 1. The zero-order valence-electron chi connectivity index (χ0n) is 11.3. The van der Waals surface area contributed by atoms with E-state index in [1.165, 1.54) is 19.2 Å². The number of aromatic carboxylic acids is 1. The molecule has 0 amide bonds. The van der Waals surface area contributed by atoms with Gasteiger partial charge in [0.2, 0.25) is 11.7 Å². The Balaban J connectivity index is 2.57. The summed E-state index contributed by atoms with van der Waals surface area (Å²) in [5.74, 6) is -1.60. The summed E-state index contributed by atoms with van der Waals surface area (Å²) in [7, 11) is 1.40. The summed E-state index contributed by atoms with van der Waals surface area (Å²) in [4.78, 5) is 25.6. The van der Waals surface area contributed by atoms with E-state index in [-0.39, 0.29) is 29.6 Å². The van der Waals surface area contributed by atoms with Gasteiger partial charge in [-0.1, -0.05) is 6.07 Å². The quantitative estimate of drug-likeness (QED) is 0.664. The van der Waals surface area contributed by atoms with Crippen molar-refractivity contribution in [1.82, 2.24) is 4.98 Å². The molecule has 0 spiro atoms. The number of rotatable bonds is 5. The van der Waals surface area contributed by atoms with Gasteiger partial charge in [-0.05, 0) is 13.0 Å². The monoisotopic (exact) mass is 292 g/mol. The van der Waals surface area contributed by atoms with Gasteiger partial charge in [0.05, 0.1) is 11.5 Å². The molecule has 0 unspecified atom stereocenters. The van der Waals surface area contributed by atoms with E-state index >= 15 is 0 Å². The van der Waals surface area contributed by atoms with Gasteiger partial charge >= 0.3 is 5.97 Å². The molecule has 0 atom stereocenters. The van der Waals surface area contributed by atoms with Crippen LogP contribution in [0.25, 0.3) is 11.5 Å². The molecule has 0 bridgehead atoms. The Morgan fingerprint density at radius 2 is 2.24 bits per heavy atom. The molecule has 1 aromatic carbocycles. The van der Waals surface area contributed by atoms with Crippen LogP contribution in [0.5, 0.6) is 0 Å². The molecule has 8 heteroatoms. The van der Waals surface area contributed by atoms with Crippen LogP contribution in [0.3, 0.4) is 0 Å². The van der Waals surface area contributed by atoms with Crippen molar-refractivity contribution < 1.29 is 24.0 Å². The number of nitro groups is 1. The van der Waals surface area contributed by atoms with Gasteiger partial charge in [0.25, 0.3) is 5.69 Å². The molecule has 0 saturated heterocycles. The number of ether oxygens (including phenoxy) is 1. The lowest BCUT2D eigenvalue weighted by molar-refractivity contribution is -0.385. The number of nitrogens with zero attached hydrogens (tertiary/aromatic N) is 2. The number of aromatic nitrogens is 1. The standard InChI is InChI=1S/C13H12N2O6/c1-7-8(4-3-5-10(7)15(18)19)12-14-9(6-20-2)11(21-12)13(16)17/h3-5H,6H2,1-2H3,(H,16,17). The fourth-order valence-electron chi connectivity index (χ4n) is 1.92. The molecule has 2 rings (SSSR count). The minimum atomic E-state index is -1.27. The van der Waals surface area contributed by atoms with Gasteiger partial charge in [-0.3, -0.25) is 10.1 Å². The maximum Gasteiger partial charge on any atom is 0.373 e. The lowest BCUT2D eigenvalue weighted by Gasteiger charge is -2.01. The predicted octanol–water partition coefficient (Wildman–Crippen LogP) is 2.40. The lowest BCUT2D eigenvalue weighted by atomic mass is 10.1. The van der Waals surface area contributed by atoms with E-state index in [0.29, 0.717) is 11.1 Å². The highest BCUT2D eigenvalue weighted by atomic mass is 16.6. The van der Waals surface area contributed by atoms with Crippen LogP contribution in [0, 0.1) is 17.0 Å². The van der Waals surface area contributed by atoms with E-state index in [1.807, 2.05) is 0 Å². The first-order valence-electron chi connectivity index (χ1n) is 5.92. The van der Waals surface area contributed by atoms with Crippen LogP contribution >= 0.6 is 0 Å². The largest absolute Gasteiger partial charge is 0.475 e. The molecular formula is C13H12N2O6. The highest BCUT2D eigenvalue weighted by Gasteiger charge is 2.23. The van der Waals surface area contributed by atoms with E-state index in [1.54, 1.807) is 13.0 Å². The van der Waals surface area contributed by atoms with Crippen molar-refractivity contribution in [2.75, 3.05) is 7.11 Å². The molecule has 2 aromatic rings. The molecule has 0 aliphatic rings. The van der Waals surface area contributed by atoms with Gasteiger partial charge in [0, 0.05) is 24.3 Å². The van der Waals surface area contributed by atoms with Crippen molar-refractivity contribution in [3.05, 3.63) is 45.3 Å². The number of benzene rings is 1. The van der Waals surface area contributed by atoms with E-state index in [2.05, 4.69) is 4.98 Å². The second-order valence-corrected chi connectivity index (χ2v) is 4.24. The number of carboxylic acids is 1. The molecule has 1 N–H and O–H groups in total. The van der Waals surface area contributed by atoms with Gasteiger partial charge < -0.3 is 14.3 Å². The summed E-state index contributed by atoms with van der Waals surface area (Å²) in [5.41, 5.74) is 0.764. The minimum Gasteiger partial charge on any atom is -0.475 e. The summed E-state index contributed by atoms with van der Waals surface area (Å²) < 4.78 is 10.1. The van der Waals surface area contributed by atoms with Crippen molar-refractivity contribution in [3.8, 4) is 11.5 Å². The van der Waals surface area contributed by atoms with Crippen molar-refractivity contribution in [1.29, 1.82) is 0 Å². The van der Waals surface area contributed by atoms with Crippen LogP contribution < -0.4 is 0 Å². The summed E-state index contributed by atoms with van der Waals surface area (Å²) in [6.07, 6.45) is 0. The van der Waals surface area contributed by atoms with E-state index in [9.17, 15) is 14.9 Å². The Morgan fingerprint density at radius 3 is 2.81 bits per heavy atom. The molecule has 8 nitrogen and oxygen atoms in total. The smallest absolute Gasteiger partial charge is 0.373 e. The Hall–Kier alpha value is -2.74. The summed E-state index contributed by atoms with van der Waals surface area (Å²) in [5, 5.41) is 20.0. The molecule has 0 radical (unpaired) electrons. The fourth-order valence-corrected chi connectivity index (χ4v) is 1.92. The molecule has 21 heavy (non-hydrogen) atoms. The maximum absolute atomic E-state index is 11.1. The van der Waals surface area contributed by atoms with Crippen LogP contribution in [0.2, 0.25) is 0 Å². The molecular weight excluding hydrogens is 280 g/mol. The molecule has 0 fully saturated rings. The topological polar surface area (TPSA) is 116 Å². The Morgan fingerprint density at radius 1 is 1.52 bits per heavy atom. The fraction of sp³-hybridized carbons (Fsp3) is 0.231. The molecule has 110 valence electrons. The number of carboxylic acid groups (broad SMARTS) is 1. The van der Waals surface area contributed by atoms with Crippen LogP contribution in [0.1, 0.15) is 21.8 Å². The number of methoxy groups -OCH3 is 1. The van der Waals surface area contributed by atoms with Crippen LogP contribution in [0.15, 0.2) is 22.6 Å². The number of hydrogen-bond acceptors (Lipinski definition) is 6. The van der Waals surface area contributed by atoms with Gasteiger partial charge in [0.1, 0.15) is 5.69 Å². The van der Waals surface area contributed by atoms with Gasteiger partial charge in [-0.2, -0.15) is 0 Å². The molecule has 1 aromatic heterocycles. The molecule has 1 heterocycles. The number of nitro benzene ring substituents is 1. The van der Waals surface area contributed by atoms with Gasteiger partial charge in [-0.15, -0.1) is 0 Å². The van der Waals surface area contributed by atoms with Gasteiger partial charge in [-0.25, -0.2) is 9.78 Å². The third-order valence-electron chi connectivity index (χ3n) is 2.90. The predicted molar refractivity (Wildman–Crippen MR) is 71.0 cm³/mol. The highest BCUT2D eigenvalue weighted by molar-refractivity contribution is 5.86. The SMILES string of the molecule is COCc1nc(-c2cccc([N+](=O)[O-])c2C)oc1C(=O)O. The summed E-state index contributed by atoms with van der Waals surface area (Å²) in [6.45, 7) is 1.52. The van der Waals surface area contributed by atoms with E-state index in [4.69, 9.17) is 14.3 Å². The first-order valence-corrected chi connectivity index (χ1v) is 5.92. The second kappa shape index (κ2) is 5.71. The zero-order chi connectivity index (χ0) is 15.6. The van der Waals surface area contributed by atoms with Crippen molar-refractivity contribution >= 4 is 11.7 Å². The van der Waals surface area contributed by atoms with Gasteiger partial charge in [0.15, 0.2) is 0 Å². The molecule has 0 aliphatic heterocycles. The van der Waals surface area contributed by atoms with Crippen molar-refractivity contribution in [3.63, 3.8) is 0 Å². The van der Waals surface area contributed by atoms with Crippen LogP contribution in [-0.2, 0) is 11.3 Å². The Bertz CT molecular complexity index is 707. The number of oxazole rings is 1. The zero-order valence-corrected chi connectivity index (χ0v) is 11.3.